The van der Waals surface area contributed by atoms with Crippen LogP contribution in [0.2, 0.25) is 0 Å². The van der Waals surface area contributed by atoms with Gasteiger partial charge < -0.3 is 14.2 Å². The van der Waals surface area contributed by atoms with Crippen LogP contribution in [0.3, 0.4) is 0 Å². The minimum Gasteiger partial charge on any atom is -0.381 e. The van der Waals surface area contributed by atoms with Crippen molar-refractivity contribution in [1.82, 2.24) is 4.72 Å². The first-order chi connectivity index (χ1) is 8.05. The van der Waals surface area contributed by atoms with E-state index in [1.54, 1.807) is 0 Å². The third kappa shape index (κ3) is 9.49. The van der Waals surface area contributed by atoms with Crippen LogP contribution in [-0.2, 0) is 24.2 Å². The van der Waals surface area contributed by atoms with Gasteiger partial charge in [-0.3, -0.25) is 0 Å². The Morgan fingerprint density at radius 3 is 2.12 bits per heavy atom. The highest BCUT2D eigenvalue weighted by molar-refractivity contribution is 7.89. The lowest BCUT2D eigenvalue weighted by molar-refractivity contribution is -0.130. The smallest absolute Gasteiger partial charge is 0.214 e. The Balaban J connectivity index is 3.95. The topological polar surface area (TPSA) is 73.9 Å². The maximum absolute atomic E-state index is 11.5. The minimum atomic E-state index is -3.32. The molecule has 0 radical (unpaired) electrons. The van der Waals surface area contributed by atoms with Crippen LogP contribution >= 0.6 is 0 Å². The quantitative estimate of drug-likeness (QED) is 0.432. The van der Waals surface area contributed by atoms with E-state index in [2.05, 4.69) is 4.72 Å². The van der Waals surface area contributed by atoms with Crippen molar-refractivity contribution in [3.8, 4) is 0 Å². The molecule has 0 aliphatic carbocycles. The SMILES string of the molecule is CCOCCS(=O)(=O)NCC(OCC)OCC. The molecule has 7 heteroatoms. The van der Waals surface area contributed by atoms with Crippen molar-refractivity contribution in [1.29, 1.82) is 0 Å². The summed E-state index contributed by atoms with van der Waals surface area (Å²) >= 11 is 0. The molecule has 0 saturated heterocycles. The van der Waals surface area contributed by atoms with E-state index >= 15 is 0 Å². The van der Waals surface area contributed by atoms with Gasteiger partial charge >= 0.3 is 0 Å². The predicted molar refractivity (Wildman–Crippen MR) is 65.3 cm³/mol. The van der Waals surface area contributed by atoms with Crippen LogP contribution in [0.15, 0.2) is 0 Å². The molecule has 0 spiro atoms. The fraction of sp³-hybridized carbons (Fsp3) is 1.00. The summed E-state index contributed by atoms with van der Waals surface area (Å²) in [5.41, 5.74) is 0. The molecule has 0 amide bonds. The summed E-state index contributed by atoms with van der Waals surface area (Å²) in [5.74, 6) is -0.0498. The Morgan fingerprint density at radius 2 is 1.65 bits per heavy atom. The summed E-state index contributed by atoms with van der Waals surface area (Å²) in [6.07, 6.45) is -0.535. The van der Waals surface area contributed by atoms with Crippen LogP contribution in [-0.4, -0.2) is 53.4 Å². The van der Waals surface area contributed by atoms with Gasteiger partial charge in [-0.25, -0.2) is 13.1 Å². The molecular weight excluding hydrogens is 246 g/mol. The second-order valence-corrected chi connectivity index (χ2v) is 5.13. The number of sulfonamides is 1. The molecule has 0 atom stereocenters. The zero-order chi connectivity index (χ0) is 13.1. The highest BCUT2D eigenvalue weighted by Gasteiger charge is 2.14. The molecule has 104 valence electrons. The van der Waals surface area contributed by atoms with E-state index in [4.69, 9.17) is 14.2 Å². The minimum absolute atomic E-state index is 0.0498. The van der Waals surface area contributed by atoms with Gasteiger partial charge in [0.15, 0.2) is 6.29 Å². The number of nitrogens with one attached hydrogen (secondary N) is 1. The molecule has 0 aromatic carbocycles. The lowest BCUT2D eigenvalue weighted by Gasteiger charge is -2.17. The summed E-state index contributed by atoms with van der Waals surface area (Å²) < 4.78 is 40.9. The fourth-order valence-electron chi connectivity index (χ4n) is 1.12. The van der Waals surface area contributed by atoms with E-state index in [1.165, 1.54) is 0 Å². The Bertz CT molecular complexity index is 262. The van der Waals surface area contributed by atoms with Gasteiger partial charge in [0.2, 0.25) is 10.0 Å². The lowest BCUT2D eigenvalue weighted by atomic mass is 10.6. The fourth-order valence-corrected chi connectivity index (χ4v) is 1.99. The van der Waals surface area contributed by atoms with E-state index in [0.717, 1.165) is 0 Å². The Labute approximate surface area is 104 Å². The highest BCUT2D eigenvalue weighted by Crippen LogP contribution is 1.95. The number of ether oxygens (including phenoxy) is 3. The first-order valence-corrected chi connectivity index (χ1v) is 7.49. The van der Waals surface area contributed by atoms with Crippen molar-refractivity contribution in [3.05, 3.63) is 0 Å². The normalized spacial score (nSPS) is 12.2. The van der Waals surface area contributed by atoms with Crippen molar-refractivity contribution in [2.24, 2.45) is 0 Å². The molecular formula is C10H23NO5S. The molecule has 0 aliphatic heterocycles. The average molecular weight is 269 g/mol. The third-order valence-electron chi connectivity index (χ3n) is 1.88. The van der Waals surface area contributed by atoms with Gasteiger partial charge in [-0.1, -0.05) is 0 Å². The van der Waals surface area contributed by atoms with Gasteiger partial charge in [0, 0.05) is 19.8 Å². The van der Waals surface area contributed by atoms with Crippen molar-refractivity contribution in [2.45, 2.75) is 27.1 Å². The zero-order valence-corrected chi connectivity index (χ0v) is 11.6. The van der Waals surface area contributed by atoms with Gasteiger partial charge in [-0.15, -0.1) is 0 Å². The molecule has 0 heterocycles. The molecule has 6 nitrogen and oxygen atoms in total. The molecule has 17 heavy (non-hydrogen) atoms. The molecule has 0 aromatic rings. The van der Waals surface area contributed by atoms with E-state index < -0.39 is 16.3 Å². The average Bonchev–Trinajstić information content (AvgIpc) is 2.27. The lowest BCUT2D eigenvalue weighted by Crippen LogP contribution is -2.37. The molecule has 0 bridgehead atoms. The van der Waals surface area contributed by atoms with E-state index in [-0.39, 0.29) is 18.9 Å². The Kier molecular flexibility index (Phi) is 9.66. The maximum atomic E-state index is 11.5. The number of hydrogen-bond acceptors (Lipinski definition) is 5. The standard InChI is InChI=1S/C10H23NO5S/c1-4-14-7-8-17(12,13)11-9-10(15-5-2)16-6-3/h10-11H,4-9H2,1-3H3. The molecule has 0 saturated carbocycles. The van der Waals surface area contributed by atoms with Crippen LogP contribution in [0.5, 0.6) is 0 Å². The van der Waals surface area contributed by atoms with Gasteiger partial charge in [0.1, 0.15) is 0 Å². The van der Waals surface area contributed by atoms with Crippen LogP contribution in [0.1, 0.15) is 20.8 Å². The first-order valence-electron chi connectivity index (χ1n) is 5.84. The van der Waals surface area contributed by atoms with Crippen LogP contribution in [0.25, 0.3) is 0 Å². The monoisotopic (exact) mass is 269 g/mol. The van der Waals surface area contributed by atoms with Gasteiger partial charge in [-0.05, 0) is 20.8 Å². The van der Waals surface area contributed by atoms with Gasteiger partial charge in [0.05, 0.1) is 18.9 Å². The maximum Gasteiger partial charge on any atom is 0.214 e. The summed E-state index contributed by atoms with van der Waals surface area (Å²) in [6.45, 7) is 7.26. The summed E-state index contributed by atoms with van der Waals surface area (Å²) in [4.78, 5) is 0. The predicted octanol–water partition coefficient (Wildman–Crippen LogP) is 0.341. The van der Waals surface area contributed by atoms with Crippen LogP contribution in [0.4, 0.5) is 0 Å². The Hall–Kier alpha value is -0.210. The number of rotatable bonds is 11. The zero-order valence-electron chi connectivity index (χ0n) is 10.8. The van der Waals surface area contributed by atoms with Crippen molar-refractivity contribution < 1.29 is 22.6 Å². The molecule has 1 N–H and O–H groups in total. The Morgan fingerprint density at radius 1 is 1.06 bits per heavy atom. The summed E-state index contributed by atoms with van der Waals surface area (Å²) in [7, 11) is -3.32. The second-order valence-electron chi connectivity index (χ2n) is 3.20. The summed E-state index contributed by atoms with van der Waals surface area (Å²) in [6, 6.07) is 0. The molecule has 0 fully saturated rings. The van der Waals surface area contributed by atoms with Gasteiger partial charge in [0.25, 0.3) is 0 Å². The van der Waals surface area contributed by atoms with E-state index in [9.17, 15) is 8.42 Å². The molecule has 0 rings (SSSR count). The molecule has 0 aliphatic rings. The van der Waals surface area contributed by atoms with E-state index in [1.807, 2.05) is 20.8 Å². The van der Waals surface area contributed by atoms with Crippen molar-refractivity contribution in [3.63, 3.8) is 0 Å². The molecule has 0 aromatic heterocycles. The summed E-state index contributed by atoms with van der Waals surface area (Å²) in [5, 5.41) is 0. The van der Waals surface area contributed by atoms with Crippen LogP contribution < -0.4 is 4.72 Å². The van der Waals surface area contributed by atoms with E-state index in [0.29, 0.717) is 19.8 Å². The third-order valence-corrected chi connectivity index (χ3v) is 3.19. The van der Waals surface area contributed by atoms with Crippen molar-refractivity contribution in [2.75, 3.05) is 38.7 Å². The highest BCUT2D eigenvalue weighted by atomic mass is 32.2. The molecule has 0 unspecified atom stereocenters. The number of hydrogen-bond donors (Lipinski definition) is 1. The van der Waals surface area contributed by atoms with Crippen LogP contribution in [0, 0.1) is 0 Å². The second kappa shape index (κ2) is 9.78. The first kappa shape index (κ1) is 16.8. The largest absolute Gasteiger partial charge is 0.381 e. The van der Waals surface area contributed by atoms with Crippen molar-refractivity contribution >= 4 is 10.0 Å². The van der Waals surface area contributed by atoms with Gasteiger partial charge in [-0.2, -0.15) is 0 Å².